The summed E-state index contributed by atoms with van der Waals surface area (Å²) in [5.74, 6) is 0.634. The molecule has 1 unspecified atom stereocenters. The van der Waals surface area contributed by atoms with Crippen molar-refractivity contribution in [3.63, 3.8) is 0 Å². The smallest absolute Gasteiger partial charge is 0.274 e. The minimum atomic E-state index is -3.71. The van der Waals surface area contributed by atoms with Gasteiger partial charge in [0.05, 0.1) is 7.11 Å². The number of rotatable bonds is 4. The molecule has 0 heterocycles. The van der Waals surface area contributed by atoms with Gasteiger partial charge in [0.1, 0.15) is 5.75 Å². The predicted octanol–water partition coefficient (Wildman–Crippen LogP) is 0.858. The van der Waals surface area contributed by atoms with Crippen LogP contribution in [0.15, 0.2) is 18.2 Å². The van der Waals surface area contributed by atoms with E-state index in [1.165, 1.54) is 7.11 Å². The van der Waals surface area contributed by atoms with E-state index in [9.17, 15) is 8.42 Å². The Balaban J connectivity index is 3.06. The number of nitrogens with one attached hydrogen (secondary N) is 1. The van der Waals surface area contributed by atoms with Gasteiger partial charge in [0.25, 0.3) is 10.2 Å². The van der Waals surface area contributed by atoms with Gasteiger partial charge in [-0.2, -0.15) is 13.1 Å². The molecule has 90 valence electrons. The van der Waals surface area contributed by atoms with Crippen LogP contribution in [0.2, 0.25) is 0 Å². The van der Waals surface area contributed by atoms with Gasteiger partial charge in [-0.1, -0.05) is 17.7 Å². The number of ether oxygens (including phenoxy) is 1. The minimum absolute atomic E-state index is 0.426. The average Bonchev–Trinajstić information content (AvgIpc) is 2.15. The molecule has 1 aromatic carbocycles. The molecule has 16 heavy (non-hydrogen) atoms. The van der Waals surface area contributed by atoms with Gasteiger partial charge in [-0.25, -0.2) is 5.14 Å². The molecule has 6 heteroatoms. The largest absolute Gasteiger partial charge is 0.496 e. The van der Waals surface area contributed by atoms with Gasteiger partial charge in [0, 0.05) is 11.6 Å². The number of benzene rings is 1. The number of aryl methyl sites for hydroxylation is 1. The maximum Gasteiger partial charge on any atom is 0.274 e. The van der Waals surface area contributed by atoms with Crippen LogP contribution in [0.3, 0.4) is 0 Å². The van der Waals surface area contributed by atoms with Gasteiger partial charge < -0.3 is 4.74 Å². The van der Waals surface area contributed by atoms with Crippen LogP contribution in [-0.2, 0) is 10.2 Å². The topological polar surface area (TPSA) is 81.4 Å². The minimum Gasteiger partial charge on any atom is -0.496 e. The summed E-state index contributed by atoms with van der Waals surface area (Å²) in [5.41, 5.74) is 1.79. The van der Waals surface area contributed by atoms with E-state index >= 15 is 0 Å². The van der Waals surface area contributed by atoms with Crippen LogP contribution in [0, 0.1) is 6.92 Å². The first-order chi connectivity index (χ1) is 7.33. The van der Waals surface area contributed by atoms with E-state index in [-0.39, 0.29) is 0 Å². The number of hydrogen-bond acceptors (Lipinski definition) is 3. The van der Waals surface area contributed by atoms with Gasteiger partial charge in [-0.05, 0) is 19.9 Å². The Hall–Kier alpha value is -1.11. The van der Waals surface area contributed by atoms with Crippen molar-refractivity contribution in [2.75, 3.05) is 7.11 Å². The normalized spacial score (nSPS) is 13.5. The summed E-state index contributed by atoms with van der Waals surface area (Å²) in [6.45, 7) is 3.63. The van der Waals surface area contributed by atoms with Crippen molar-refractivity contribution in [2.45, 2.75) is 19.9 Å². The molecule has 0 spiro atoms. The van der Waals surface area contributed by atoms with Crippen molar-refractivity contribution < 1.29 is 13.2 Å². The Labute approximate surface area is 95.8 Å². The first kappa shape index (κ1) is 13.0. The van der Waals surface area contributed by atoms with Crippen LogP contribution in [-0.4, -0.2) is 15.5 Å². The van der Waals surface area contributed by atoms with Gasteiger partial charge in [-0.3, -0.25) is 0 Å². The molecule has 1 rings (SSSR count). The molecule has 0 saturated carbocycles. The molecule has 3 N–H and O–H groups in total. The molecular formula is C10H16N2O3S. The predicted molar refractivity (Wildman–Crippen MR) is 62.4 cm³/mol. The second-order valence-electron chi connectivity index (χ2n) is 3.63. The molecule has 0 aliphatic rings. The first-order valence-corrected chi connectivity index (χ1v) is 6.32. The molecule has 1 aromatic rings. The van der Waals surface area contributed by atoms with Gasteiger partial charge in [0.15, 0.2) is 0 Å². The highest BCUT2D eigenvalue weighted by Gasteiger charge is 2.15. The van der Waals surface area contributed by atoms with Crippen molar-refractivity contribution in [3.05, 3.63) is 29.3 Å². The van der Waals surface area contributed by atoms with Crippen molar-refractivity contribution in [2.24, 2.45) is 5.14 Å². The van der Waals surface area contributed by atoms with E-state index in [0.29, 0.717) is 5.75 Å². The van der Waals surface area contributed by atoms with Crippen LogP contribution in [0.5, 0.6) is 5.75 Å². The van der Waals surface area contributed by atoms with Crippen molar-refractivity contribution in [1.29, 1.82) is 0 Å². The SMILES string of the molecule is COc1ccc(C)cc1C(C)NS(N)(=O)=O. The van der Waals surface area contributed by atoms with Crippen molar-refractivity contribution in [1.82, 2.24) is 4.72 Å². The molecule has 0 aliphatic heterocycles. The quantitative estimate of drug-likeness (QED) is 0.824. The summed E-state index contributed by atoms with van der Waals surface area (Å²) >= 11 is 0. The van der Waals surface area contributed by atoms with E-state index in [0.717, 1.165) is 11.1 Å². The Morgan fingerprint density at radius 1 is 1.44 bits per heavy atom. The monoisotopic (exact) mass is 244 g/mol. The van der Waals surface area contributed by atoms with Gasteiger partial charge in [-0.15, -0.1) is 0 Å². The lowest BCUT2D eigenvalue weighted by Crippen LogP contribution is -2.33. The lowest BCUT2D eigenvalue weighted by molar-refractivity contribution is 0.405. The highest BCUT2D eigenvalue weighted by atomic mass is 32.2. The fourth-order valence-electron chi connectivity index (χ4n) is 1.50. The zero-order valence-electron chi connectivity index (χ0n) is 9.52. The van der Waals surface area contributed by atoms with Crippen LogP contribution >= 0.6 is 0 Å². The Morgan fingerprint density at radius 2 is 2.06 bits per heavy atom. The highest BCUT2D eigenvalue weighted by Crippen LogP contribution is 2.26. The summed E-state index contributed by atoms with van der Waals surface area (Å²) in [7, 11) is -2.18. The summed E-state index contributed by atoms with van der Waals surface area (Å²) in [5, 5.41) is 4.92. The molecule has 0 amide bonds. The number of nitrogens with two attached hydrogens (primary N) is 1. The average molecular weight is 244 g/mol. The molecule has 0 aromatic heterocycles. The Bertz CT molecular complexity index is 471. The van der Waals surface area contributed by atoms with E-state index in [1.807, 2.05) is 19.1 Å². The highest BCUT2D eigenvalue weighted by molar-refractivity contribution is 7.87. The number of hydrogen-bond donors (Lipinski definition) is 2. The van der Waals surface area contributed by atoms with Crippen LogP contribution < -0.4 is 14.6 Å². The van der Waals surface area contributed by atoms with E-state index < -0.39 is 16.3 Å². The summed E-state index contributed by atoms with van der Waals surface area (Å²) in [6, 6.07) is 5.13. The van der Waals surface area contributed by atoms with Crippen molar-refractivity contribution in [3.8, 4) is 5.75 Å². The van der Waals surface area contributed by atoms with E-state index in [4.69, 9.17) is 9.88 Å². The van der Waals surface area contributed by atoms with Crippen LogP contribution in [0.1, 0.15) is 24.1 Å². The molecular weight excluding hydrogens is 228 g/mol. The molecule has 5 nitrogen and oxygen atoms in total. The lowest BCUT2D eigenvalue weighted by atomic mass is 10.1. The zero-order chi connectivity index (χ0) is 12.3. The summed E-state index contributed by atoms with van der Waals surface area (Å²) in [4.78, 5) is 0. The third-order valence-electron chi connectivity index (χ3n) is 2.19. The molecule has 0 bridgehead atoms. The summed E-state index contributed by atoms with van der Waals surface area (Å²) in [6.07, 6.45) is 0. The fraction of sp³-hybridized carbons (Fsp3) is 0.400. The maximum atomic E-state index is 10.9. The lowest BCUT2D eigenvalue weighted by Gasteiger charge is -2.16. The Kier molecular flexibility index (Phi) is 3.90. The second kappa shape index (κ2) is 4.82. The first-order valence-electron chi connectivity index (χ1n) is 4.78. The molecule has 0 radical (unpaired) electrons. The second-order valence-corrected chi connectivity index (χ2v) is 4.96. The molecule has 1 atom stereocenters. The van der Waals surface area contributed by atoms with Crippen molar-refractivity contribution >= 4 is 10.2 Å². The third-order valence-corrected chi connectivity index (χ3v) is 2.87. The Morgan fingerprint density at radius 3 is 2.56 bits per heavy atom. The molecule has 0 fully saturated rings. The van der Waals surface area contributed by atoms with Gasteiger partial charge >= 0.3 is 0 Å². The standard InChI is InChI=1S/C10H16N2O3S/c1-7-4-5-10(15-3)9(6-7)8(2)12-16(11,13)14/h4-6,8,12H,1-3H3,(H2,11,13,14). The fourth-order valence-corrected chi connectivity index (χ4v) is 2.12. The van der Waals surface area contributed by atoms with Crippen LogP contribution in [0.25, 0.3) is 0 Å². The summed E-state index contributed by atoms with van der Waals surface area (Å²) < 4.78 is 29.3. The third kappa shape index (κ3) is 3.48. The van der Waals surface area contributed by atoms with E-state index in [2.05, 4.69) is 4.72 Å². The molecule has 0 saturated heterocycles. The zero-order valence-corrected chi connectivity index (χ0v) is 10.3. The van der Waals surface area contributed by atoms with Gasteiger partial charge in [0.2, 0.25) is 0 Å². The molecule has 0 aliphatic carbocycles. The number of methoxy groups -OCH3 is 1. The van der Waals surface area contributed by atoms with E-state index in [1.54, 1.807) is 13.0 Å². The van der Waals surface area contributed by atoms with Crippen LogP contribution in [0.4, 0.5) is 0 Å². The maximum absolute atomic E-state index is 10.9.